The van der Waals surface area contributed by atoms with Gasteiger partial charge in [-0.25, -0.2) is 4.39 Å². The van der Waals surface area contributed by atoms with E-state index in [0.29, 0.717) is 16.8 Å². The van der Waals surface area contributed by atoms with E-state index < -0.39 is 0 Å². The summed E-state index contributed by atoms with van der Waals surface area (Å²) in [7, 11) is 0. The largest absolute Gasteiger partial charge is 0.324 e. The van der Waals surface area contributed by atoms with Gasteiger partial charge in [0.1, 0.15) is 5.82 Å². The van der Waals surface area contributed by atoms with Crippen LogP contribution in [-0.4, -0.2) is 5.91 Å². The highest BCUT2D eigenvalue weighted by Crippen LogP contribution is 2.17. The van der Waals surface area contributed by atoms with Gasteiger partial charge in [-0.05, 0) is 49.2 Å². The molecule has 0 aliphatic carbocycles. The quantitative estimate of drug-likeness (QED) is 0.899. The molecular weight excluding hydrogens is 255 g/mol. The Morgan fingerprint density at radius 2 is 2.00 bits per heavy atom. The molecule has 3 N–H and O–H groups in total. The number of rotatable bonds is 3. The maximum absolute atomic E-state index is 13.5. The molecule has 4 heteroatoms. The van der Waals surface area contributed by atoms with Crippen LogP contribution in [0.5, 0.6) is 0 Å². The Labute approximate surface area is 117 Å². The molecule has 2 aromatic carbocycles. The highest BCUT2D eigenvalue weighted by molar-refractivity contribution is 6.04. The maximum Gasteiger partial charge on any atom is 0.255 e. The number of hydrogen-bond donors (Lipinski definition) is 2. The third-order valence-electron chi connectivity index (χ3n) is 3.10. The topological polar surface area (TPSA) is 55.1 Å². The number of amides is 1. The van der Waals surface area contributed by atoms with E-state index >= 15 is 0 Å². The van der Waals surface area contributed by atoms with Gasteiger partial charge in [-0.15, -0.1) is 0 Å². The SMILES string of the molecule is Cc1ccc(C(=O)Nc2cccc(C(C)N)c2)cc1F. The predicted molar refractivity (Wildman–Crippen MR) is 78.1 cm³/mol. The summed E-state index contributed by atoms with van der Waals surface area (Å²) in [5, 5.41) is 2.74. The van der Waals surface area contributed by atoms with Crippen LogP contribution in [-0.2, 0) is 0 Å². The van der Waals surface area contributed by atoms with Crippen LogP contribution in [0.1, 0.15) is 34.5 Å². The van der Waals surface area contributed by atoms with E-state index in [2.05, 4.69) is 5.32 Å². The minimum atomic E-state index is -0.387. The maximum atomic E-state index is 13.5. The Hall–Kier alpha value is -2.20. The number of anilines is 1. The second-order valence-corrected chi connectivity index (χ2v) is 4.83. The van der Waals surface area contributed by atoms with Crippen LogP contribution < -0.4 is 11.1 Å². The van der Waals surface area contributed by atoms with Crippen molar-refractivity contribution in [3.05, 3.63) is 65.0 Å². The normalized spacial score (nSPS) is 12.0. The van der Waals surface area contributed by atoms with E-state index in [0.717, 1.165) is 5.56 Å². The van der Waals surface area contributed by atoms with Crippen molar-refractivity contribution >= 4 is 11.6 Å². The van der Waals surface area contributed by atoms with Gasteiger partial charge in [0.25, 0.3) is 5.91 Å². The first-order valence-corrected chi connectivity index (χ1v) is 6.40. The van der Waals surface area contributed by atoms with Crippen LogP contribution in [0.15, 0.2) is 42.5 Å². The van der Waals surface area contributed by atoms with Crippen molar-refractivity contribution in [1.29, 1.82) is 0 Å². The smallest absolute Gasteiger partial charge is 0.255 e. The van der Waals surface area contributed by atoms with Crippen molar-refractivity contribution in [3.63, 3.8) is 0 Å². The highest BCUT2D eigenvalue weighted by Gasteiger charge is 2.09. The van der Waals surface area contributed by atoms with Crippen LogP contribution in [0, 0.1) is 12.7 Å². The number of nitrogens with two attached hydrogens (primary N) is 1. The van der Waals surface area contributed by atoms with Gasteiger partial charge in [0.05, 0.1) is 0 Å². The fraction of sp³-hybridized carbons (Fsp3) is 0.188. The van der Waals surface area contributed by atoms with Gasteiger partial charge < -0.3 is 11.1 Å². The average molecular weight is 272 g/mol. The molecule has 0 aliphatic rings. The molecule has 2 rings (SSSR count). The van der Waals surface area contributed by atoms with Gasteiger partial charge in [0.15, 0.2) is 0 Å². The van der Waals surface area contributed by atoms with E-state index in [1.807, 2.05) is 25.1 Å². The number of benzene rings is 2. The lowest BCUT2D eigenvalue weighted by molar-refractivity contribution is 0.102. The molecule has 0 radical (unpaired) electrons. The Kier molecular flexibility index (Phi) is 4.15. The average Bonchev–Trinajstić information content (AvgIpc) is 2.42. The molecule has 104 valence electrons. The number of aryl methyl sites for hydroxylation is 1. The van der Waals surface area contributed by atoms with E-state index in [4.69, 9.17) is 5.73 Å². The molecule has 1 amide bonds. The standard InChI is InChI=1S/C16H17FN2O/c1-10-6-7-13(9-15(10)17)16(20)19-14-5-3-4-12(8-14)11(2)18/h3-9,11H,18H2,1-2H3,(H,19,20). The molecule has 0 bridgehead atoms. The van der Waals surface area contributed by atoms with Crippen LogP contribution >= 0.6 is 0 Å². The second-order valence-electron chi connectivity index (χ2n) is 4.83. The summed E-state index contributed by atoms with van der Waals surface area (Å²) in [4.78, 5) is 12.0. The number of carbonyl (C=O) groups excluding carboxylic acids is 1. The van der Waals surface area contributed by atoms with Gasteiger partial charge in [-0.3, -0.25) is 4.79 Å². The first kappa shape index (κ1) is 14.2. The molecule has 0 fully saturated rings. The molecule has 3 nitrogen and oxygen atoms in total. The van der Waals surface area contributed by atoms with Crippen molar-refractivity contribution in [3.8, 4) is 0 Å². The lowest BCUT2D eigenvalue weighted by Crippen LogP contribution is -2.13. The fourth-order valence-electron chi connectivity index (χ4n) is 1.84. The van der Waals surface area contributed by atoms with Crippen molar-refractivity contribution < 1.29 is 9.18 Å². The third kappa shape index (κ3) is 3.22. The van der Waals surface area contributed by atoms with Crippen LogP contribution in [0.2, 0.25) is 0 Å². The predicted octanol–water partition coefficient (Wildman–Crippen LogP) is 3.41. The second kappa shape index (κ2) is 5.84. The molecular formula is C16H17FN2O. The molecule has 1 atom stereocenters. The van der Waals surface area contributed by atoms with Crippen LogP contribution in [0.3, 0.4) is 0 Å². The summed E-state index contributed by atoms with van der Waals surface area (Å²) in [6, 6.07) is 11.6. The van der Waals surface area contributed by atoms with Gasteiger partial charge in [0, 0.05) is 17.3 Å². The van der Waals surface area contributed by atoms with Gasteiger partial charge in [-0.2, -0.15) is 0 Å². The van der Waals surface area contributed by atoms with Crippen molar-refractivity contribution in [2.45, 2.75) is 19.9 Å². The fourth-order valence-corrected chi connectivity index (χ4v) is 1.84. The Morgan fingerprint density at radius 3 is 2.65 bits per heavy atom. The first-order chi connectivity index (χ1) is 9.47. The summed E-state index contributed by atoms with van der Waals surface area (Å²) in [5.41, 5.74) is 8.18. The summed E-state index contributed by atoms with van der Waals surface area (Å²) in [6.45, 7) is 3.53. The van der Waals surface area contributed by atoms with Crippen molar-refractivity contribution in [2.75, 3.05) is 5.32 Å². The molecule has 0 aliphatic heterocycles. The number of nitrogens with one attached hydrogen (secondary N) is 1. The van der Waals surface area contributed by atoms with E-state index in [1.54, 1.807) is 25.1 Å². The third-order valence-corrected chi connectivity index (χ3v) is 3.10. The van der Waals surface area contributed by atoms with Gasteiger partial charge >= 0.3 is 0 Å². The van der Waals surface area contributed by atoms with Crippen LogP contribution in [0.4, 0.5) is 10.1 Å². The van der Waals surface area contributed by atoms with Gasteiger partial charge in [0.2, 0.25) is 0 Å². The lowest BCUT2D eigenvalue weighted by atomic mass is 10.1. The molecule has 1 unspecified atom stereocenters. The summed E-state index contributed by atoms with van der Waals surface area (Å²) in [5.74, 6) is -0.729. The minimum Gasteiger partial charge on any atom is -0.324 e. The molecule has 0 saturated carbocycles. The number of carbonyl (C=O) groups is 1. The van der Waals surface area contributed by atoms with Crippen molar-refractivity contribution in [1.82, 2.24) is 0 Å². The molecule has 0 saturated heterocycles. The monoisotopic (exact) mass is 272 g/mol. The number of hydrogen-bond acceptors (Lipinski definition) is 2. The summed E-state index contributed by atoms with van der Waals surface area (Å²) >= 11 is 0. The Balaban J connectivity index is 2.19. The summed E-state index contributed by atoms with van der Waals surface area (Å²) < 4.78 is 13.5. The first-order valence-electron chi connectivity index (χ1n) is 6.40. The van der Waals surface area contributed by atoms with E-state index in [1.165, 1.54) is 6.07 Å². The minimum absolute atomic E-state index is 0.108. The molecule has 20 heavy (non-hydrogen) atoms. The highest BCUT2D eigenvalue weighted by atomic mass is 19.1. The zero-order chi connectivity index (χ0) is 14.7. The van der Waals surface area contributed by atoms with E-state index in [-0.39, 0.29) is 17.8 Å². The lowest BCUT2D eigenvalue weighted by Gasteiger charge is -2.10. The zero-order valence-corrected chi connectivity index (χ0v) is 11.5. The Bertz CT molecular complexity index is 638. The zero-order valence-electron chi connectivity index (χ0n) is 11.5. The molecule has 0 aromatic heterocycles. The van der Waals surface area contributed by atoms with Gasteiger partial charge in [-0.1, -0.05) is 18.2 Å². The van der Waals surface area contributed by atoms with Crippen LogP contribution in [0.25, 0.3) is 0 Å². The molecule has 0 spiro atoms. The van der Waals surface area contributed by atoms with Crippen molar-refractivity contribution in [2.24, 2.45) is 5.73 Å². The Morgan fingerprint density at radius 1 is 1.25 bits per heavy atom. The van der Waals surface area contributed by atoms with E-state index in [9.17, 15) is 9.18 Å². The molecule has 0 heterocycles. The summed E-state index contributed by atoms with van der Waals surface area (Å²) in [6.07, 6.45) is 0. The molecule has 2 aromatic rings. The number of halogens is 1.